The molecule has 0 aliphatic rings. The molecule has 1 atom stereocenters. The van der Waals surface area contributed by atoms with Crippen LogP contribution in [0.5, 0.6) is 0 Å². The fourth-order valence-corrected chi connectivity index (χ4v) is 0.625. The molecule has 0 bridgehead atoms. The Labute approximate surface area is 70.2 Å². The SMILES string of the molecule is O=CCCOSP.[Ti]. The van der Waals surface area contributed by atoms with Gasteiger partial charge in [0.25, 0.3) is 0 Å². The van der Waals surface area contributed by atoms with Crippen molar-refractivity contribution >= 4 is 26.4 Å². The van der Waals surface area contributed by atoms with Crippen molar-refractivity contribution in [3.63, 3.8) is 0 Å². The predicted molar refractivity (Wildman–Crippen MR) is 33.9 cm³/mol. The predicted octanol–water partition coefficient (Wildman–Crippen LogP) is 1.03. The molecule has 0 aromatic heterocycles. The largest absolute Gasteiger partial charge is 0.311 e. The number of carbonyl (C=O) groups is 1. The second-order valence-corrected chi connectivity index (χ2v) is 1.88. The van der Waals surface area contributed by atoms with E-state index in [0.29, 0.717) is 13.0 Å². The van der Waals surface area contributed by atoms with Gasteiger partial charge in [0.15, 0.2) is 0 Å². The Hall–Kier alpha value is 1.12. The Bertz CT molecular complexity index is 54.5. The summed E-state index contributed by atoms with van der Waals surface area (Å²) in [5.41, 5.74) is 0. The van der Waals surface area contributed by atoms with Gasteiger partial charge in [-0.15, -0.1) is 0 Å². The minimum atomic E-state index is 0. The van der Waals surface area contributed by atoms with Gasteiger partial charge >= 0.3 is 0 Å². The van der Waals surface area contributed by atoms with Crippen LogP contribution in [0.15, 0.2) is 0 Å². The van der Waals surface area contributed by atoms with E-state index in [2.05, 4.69) is 8.44 Å². The molecule has 0 saturated carbocycles. The molecular formula is C3H7O2PSTi. The van der Waals surface area contributed by atoms with Gasteiger partial charge in [-0.2, -0.15) is 0 Å². The number of hydrogen-bond acceptors (Lipinski definition) is 3. The maximum Gasteiger partial charge on any atom is 0.122 e. The van der Waals surface area contributed by atoms with Crippen molar-refractivity contribution in [2.45, 2.75) is 6.42 Å². The van der Waals surface area contributed by atoms with Crippen LogP contribution in [0, 0.1) is 0 Å². The molecule has 0 saturated heterocycles. The minimum Gasteiger partial charge on any atom is -0.311 e. The van der Waals surface area contributed by atoms with Gasteiger partial charge in [-0.1, -0.05) is 0 Å². The Balaban J connectivity index is 0. The van der Waals surface area contributed by atoms with Crippen LogP contribution in [-0.4, -0.2) is 12.9 Å². The molecule has 0 N–H and O–H groups in total. The van der Waals surface area contributed by atoms with Crippen molar-refractivity contribution in [3.8, 4) is 0 Å². The summed E-state index contributed by atoms with van der Waals surface area (Å²) in [6, 6.07) is 0. The molecule has 0 fully saturated rings. The third kappa shape index (κ3) is 10.2. The zero-order chi connectivity index (χ0) is 5.54. The monoisotopic (exact) mass is 186 g/mol. The fourth-order valence-electron chi connectivity index (χ4n) is 0.144. The summed E-state index contributed by atoms with van der Waals surface area (Å²) in [6.07, 6.45) is 1.32. The molecule has 0 aromatic carbocycles. The summed E-state index contributed by atoms with van der Waals surface area (Å²) in [7, 11) is 2.33. The number of rotatable bonds is 4. The van der Waals surface area contributed by atoms with Gasteiger partial charge in [0.05, 0.1) is 6.61 Å². The quantitative estimate of drug-likeness (QED) is 0.215. The summed E-state index contributed by atoms with van der Waals surface area (Å²) in [5.74, 6) is 0. The smallest absolute Gasteiger partial charge is 0.122 e. The summed E-state index contributed by atoms with van der Waals surface area (Å²) in [6.45, 7) is 0.512. The Kier molecular flexibility index (Phi) is 16.3. The summed E-state index contributed by atoms with van der Waals surface area (Å²) in [5, 5.41) is 0. The van der Waals surface area contributed by atoms with E-state index in [0.717, 1.165) is 6.29 Å². The van der Waals surface area contributed by atoms with Crippen molar-refractivity contribution in [2.24, 2.45) is 0 Å². The molecule has 0 aromatic rings. The minimum absolute atomic E-state index is 0. The van der Waals surface area contributed by atoms with E-state index >= 15 is 0 Å². The average Bonchev–Trinajstić information content (AvgIpc) is 1.69. The van der Waals surface area contributed by atoms with E-state index in [1.807, 2.05) is 0 Å². The van der Waals surface area contributed by atoms with Crippen LogP contribution in [0.4, 0.5) is 0 Å². The second-order valence-electron chi connectivity index (χ2n) is 0.874. The molecule has 5 heteroatoms. The molecule has 2 nitrogen and oxygen atoms in total. The first-order valence-corrected chi connectivity index (χ1v) is 4.05. The van der Waals surface area contributed by atoms with Crippen molar-refractivity contribution in [3.05, 3.63) is 0 Å². The molecule has 0 radical (unpaired) electrons. The van der Waals surface area contributed by atoms with Gasteiger partial charge in [0, 0.05) is 39.8 Å². The van der Waals surface area contributed by atoms with Gasteiger partial charge in [0.1, 0.15) is 6.29 Å². The first-order chi connectivity index (χ1) is 3.41. The first kappa shape index (κ1) is 11.9. The van der Waals surface area contributed by atoms with Crippen LogP contribution in [-0.2, 0) is 30.7 Å². The second kappa shape index (κ2) is 11.0. The van der Waals surface area contributed by atoms with E-state index in [9.17, 15) is 4.79 Å². The maximum absolute atomic E-state index is 9.58. The van der Waals surface area contributed by atoms with Gasteiger partial charge in [-0.3, -0.25) is 0 Å². The first-order valence-electron chi connectivity index (χ1n) is 1.83. The van der Waals surface area contributed by atoms with Crippen molar-refractivity contribution in [1.82, 2.24) is 0 Å². The molecule has 0 aliphatic carbocycles. The van der Waals surface area contributed by atoms with E-state index in [4.69, 9.17) is 4.18 Å². The Morgan fingerprint density at radius 3 is 2.75 bits per heavy atom. The molecule has 0 spiro atoms. The fraction of sp³-hybridized carbons (Fsp3) is 0.667. The summed E-state index contributed by atoms with van der Waals surface area (Å²) in [4.78, 5) is 9.58. The molecular weight excluding hydrogens is 179 g/mol. The van der Waals surface area contributed by atoms with Crippen molar-refractivity contribution in [2.75, 3.05) is 6.61 Å². The zero-order valence-electron chi connectivity index (χ0n) is 4.29. The number of carbonyl (C=O) groups excluding carboxylic acids is 1. The van der Waals surface area contributed by atoms with E-state index in [-0.39, 0.29) is 21.7 Å². The van der Waals surface area contributed by atoms with E-state index in [1.54, 1.807) is 0 Å². The molecule has 0 aliphatic heterocycles. The number of aldehydes is 1. The summed E-state index contributed by atoms with van der Waals surface area (Å²) >= 11 is 1.20. The summed E-state index contributed by atoms with van der Waals surface area (Å²) < 4.78 is 4.72. The molecule has 0 heterocycles. The molecule has 0 rings (SSSR count). The normalized spacial score (nSPS) is 7.62. The van der Waals surface area contributed by atoms with Crippen LogP contribution in [0.3, 0.4) is 0 Å². The molecule has 1 unspecified atom stereocenters. The van der Waals surface area contributed by atoms with Crippen molar-refractivity contribution < 1.29 is 30.7 Å². The number of hydrogen-bond donors (Lipinski definition) is 0. The Morgan fingerprint density at radius 1 is 1.75 bits per heavy atom. The average molecular weight is 186 g/mol. The third-order valence-corrected chi connectivity index (χ3v) is 1.10. The van der Waals surface area contributed by atoms with Crippen LogP contribution < -0.4 is 0 Å². The molecule has 46 valence electrons. The van der Waals surface area contributed by atoms with Crippen molar-refractivity contribution in [1.29, 1.82) is 0 Å². The van der Waals surface area contributed by atoms with Gasteiger partial charge in [-0.05, 0) is 8.44 Å². The molecule has 0 amide bonds. The van der Waals surface area contributed by atoms with Crippen LogP contribution in [0.1, 0.15) is 6.42 Å². The maximum atomic E-state index is 9.58. The van der Waals surface area contributed by atoms with Gasteiger partial charge in [0.2, 0.25) is 0 Å². The van der Waals surface area contributed by atoms with Crippen LogP contribution in [0.25, 0.3) is 0 Å². The van der Waals surface area contributed by atoms with Gasteiger partial charge < -0.3 is 8.98 Å². The van der Waals surface area contributed by atoms with E-state index < -0.39 is 0 Å². The Morgan fingerprint density at radius 2 is 2.38 bits per heavy atom. The molecule has 8 heavy (non-hydrogen) atoms. The zero-order valence-corrected chi connectivity index (χ0v) is 7.83. The van der Waals surface area contributed by atoms with Crippen LogP contribution in [0.2, 0.25) is 0 Å². The van der Waals surface area contributed by atoms with E-state index in [1.165, 1.54) is 11.7 Å². The van der Waals surface area contributed by atoms with Gasteiger partial charge in [-0.25, -0.2) is 0 Å². The van der Waals surface area contributed by atoms with Crippen LogP contribution >= 0.6 is 20.1 Å². The standard InChI is InChI=1S/C3H7O2PS.Ti/c4-2-1-3-5-7-6;/h2H,1,3,6H2;. The third-order valence-electron chi connectivity index (χ3n) is 0.387. The topological polar surface area (TPSA) is 26.3 Å².